The second kappa shape index (κ2) is 7.30. The third kappa shape index (κ3) is 4.58. The average molecular weight is 355 g/mol. The Morgan fingerprint density at radius 1 is 1.26 bits per heavy atom. The van der Waals surface area contributed by atoms with Gasteiger partial charge >= 0.3 is 0 Å². The molecule has 8 heteroatoms. The van der Waals surface area contributed by atoms with Gasteiger partial charge in [0, 0.05) is 17.2 Å². The van der Waals surface area contributed by atoms with Crippen molar-refractivity contribution in [2.24, 2.45) is 0 Å². The van der Waals surface area contributed by atoms with E-state index in [0.29, 0.717) is 10.0 Å². The molecule has 6 nitrogen and oxygen atoms in total. The fourth-order valence-corrected chi connectivity index (χ4v) is 2.15. The molecular weight excluding hydrogens is 343 g/mol. The van der Waals surface area contributed by atoms with Crippen LogP contribution in [0.5, 0.6) is 5.75 Å². The number of hydrogen-bond donors (Lipinski definition) is 1. The predicted octanol–water partition coefficient (Wildman–Crippen LogP) is 4.23. The summed E-state index contributed by atoms with van der Waals surface area (Å²) in [5, 5.41) is 14.2. The lowest BCUT2D eigenvalue weighted by atomic mass is 10.2. The number of carbonyl (C=O) groups excluding carboxylic acids is 1. The molecule has 0 fully saturated rings. The minimum atomic E-state index is -0.558. The van der Waals surface area contributed by atoms with Crippen LogP contribution in [0.4, 0.5) is 11.4 Å². The van der Waals surface area contributed by atoms with Crippen LogP contribution in [0.1, 0.15) is 5.56 Å². The van der Waals surface area contributed by atoms with Crippen LogP contribution in [0.3, 0.4) is 0 Å². The Kier molecular flexibility index (Phi) is 5.41. The van der Waals surface area contributed by atoms with Gasteiger partial charge in [-0.1, -0.05) is 29.3 Å². The number of nitrogens with one attached hydrogen (secondary N) is 1. The number of aryl methyl sites for hydroxylation is 1. The van der Waals surface area contributed by atoms with Gasteiger partial charge in [0.05, 0.1) is 9.95 Å². The van der Waals surface area contributed by atoms with Gasteiger partial charge in [0.1, 0.15) is 11.4 Å². The summed E-state index contributed by atoms with van der Waals surface area (Å²) in [7, 11) is 0. The summed E-state index contributed by atoms with van der Waals surface area (Å²) in [6.07, 6.45) is 0. The van der Waals surface area contributed by atoms with Crippen LogP contribution in [0.2, 0.25) is 10.0 Å². The Labute approximate surface area is 142 Å². The van der Waals surface area contributed by atoms with Crippen LogP contribution in [0.25, 0.3) is 0 Å². The van der Waals surface area contributed by atoms with Crippen molar-refractivity contribution in [1.82, 2.24) is 0 Å². The number of nitrogens with zero attached hydrogens (tertiary/aromatic N) is 1. The number of halogens is 2. The number of anilines is 1. The largest absolute Gasteiger partial charge is 0.482 e. The number of amides is 1. The highest BCUT2D eigenvalue weighted by molar-refractivity contribution is 6.34. The smallest absolute Gasteiger partial charge is 0.293 e. The second-order valence-electron chi connectivity index (χ2n) is 4.69. The zero-order chi connectivity index (χ0) is 17.0. The Morgan fingerprint density at radius 3 is 2.70 bits per heavy atom. The van der Waals surface area contributed by atoms with E-state index >= 15 is 0 Å². The van der Waals surface area contributed by atoms with Crippen molar-refractivity contribution >= 4 is 40.5 Å². The van der Waals surface area contributed by atoms with Crippen LogP contribution >= 0.6 is 23.2 Å². The van der Waals surface area contributed by atoms with E-state index in [2.05, 4.69) is 5.32 Å². The van der Waals surface area contributed by atoms with Crippen molar-refractivity contribution in [3.63, 3.8) is 0 Å². The van der Waals surface area contributed by atoms with Crippen molar-refractivity contribution in [3.05, 3.63) is 62.1 Å². The Morgan fingerprint density at radius 2 is 2.00 bits per heavy atom. The summed E-state index contributed by atoms with van der Waals surface area (Å²) in [4.78, 5) is 22.4. The Hall–Kier alpha value is -2.31. The standard InChI is InChI=1S/C15H12Cl2N2O4/c1-9-2-5-12(13(6-9)19(21)22)18-15(20)8-23-14-7-10(16)3-4-11(14)17/h2-7H,8H2,1H3,(H,18,20). The SMILES string of the molecule is Cc1ccc(NC(=O)COc2cc(Cl)ccc2Cl)c([N+](=O)[O-])c1. The quantitative estimate of drug-likeness (QED) is 0.643. The van der Waals surface area contributed by atoms with E-state index in [1.165, 1.54) is 18.2 Å². The molecule has 2 aromatic carbocycles. The van der Waals surface area contributed by atoms with Gasteiger partial charge in [-0.3, -0.25) is 14.9 Å². The zero-order valence-electron chi connectivity index (χ0n) is 12.0. The molecule has 2 aromatic rings. The molecule has 0 aromatic heterocycles. The number of rotatable bonds is 5. The van der Waals surface area contributed by atoms with Gasteiger partial charge in [-0.25, -0.2) is 0 Å². The van der Waals surface area contributed by atoms with Crippen molar-refractivity contribution in [3.8, 4) is 5.75 Å². The fourth-order valence-electron chi connectivity index (χ4n) is 1.82. The highest BCUT2D eigenvalue weighted by atomic mass is 35.5. The Balaban J connectivity index is 2.06. The zero-order valence-corrected chi connectivity index (χ0v) is 13.5. The first-order valence-electron chi connectivity index (χ1n) is 6.49. The van der Waals surface area contributed by atoms with E-state index in [1.807, 2.05) is 0 Å². The summed E-state index contributed by atoms with van der Waals surface area (Å²) in [5.74, 6) is -0.291. The molecule has 0 bridgehead atoms. The average Bonchev–Trinajstić information content (AvgIpc) is 2.49. The van der Waals surface area contributed by atoms with E-state index < -0.39 is 10.8 Å². The maximum atomic E-state index is 11.9. The summed E-state index contributed by atoms with van der Waals surface area (Å²) in [6, 6.07) is 9.12. The van der Waals surface area contributed by atoms with Crippen LogP contribution in [0.15, 0.2) is 36.4 Å². The number of nitro benzene ring substituents is 1. The van der Waals surface area contributed by atoms with Gasteiger partial charge in [0.15, 0.2) is 6.61 Å². The van der Waals surface area contributed by atoms with Gasteiger partial charge in [-0.05, 0) is 30.7 Å². The molecule has 1 N–H and O–H groups in total. The molecule has 0 aliphatic carbocycles. The van der Waals surface area contributed by atoms with E-state index in [0.717, 1.165) is 5.56 Å². The van der Waals surface area contributed by atoms with Crippen molar-refractivity contribution in [2.75, 3.05) is 11.9 Å². The van der Waals surface area contributed by atoms with E-state index in [4.69, 9.17) is 27.9 Å². The number of benzene rings is 2. The molecule has 2 rings (SSSR count). The molecule has 0 spiro atoms. The van der Waals surface area contributed by atoms with Crippen molar-refractivity contribution in [2.45, 2.75) is 6.92 Å². The molecular formula is C15H12Cl2N2O4. The lowest BCUT2D eigenvalue weighted by Crippen LogP contribution is -2.20. The number of carbonyl (C=O) groups is 1. The van der Waals surface area contributed by atoms with Gasteiger partial charge in [0.2, 0.25) is 0 Å². The molecule has 0 atom stereocenters. The number of nitro groups is 1. The molecule has 0 aliphatic heterocycles. The van der Waals surface area contributed by atoms with E-state index in [1.54, 1.807) is 25.1 Å². The maximum Gasteiger partial charge on any atom is 0.293 e. The number of ether oxygens (including phenoxy) is 1. The molecule has 0 saturated heterocycles. The summed E-state index contributed by atoms with van der Waals surface area (Å²) < 4.78 is 5.28. The normalized spacial score (nSPS) is 10.2. The predicted molar refractivity (Wildman–Crippen MR) is 88.4 cm³/mol. The fraction of sp³-hybridized carbons (Fsp3) is 0.133. The molecule has 1 amide bonds. The minimum Gasteiger partial charge on any atom is -0.482 e. The molecule has 23 heavy (non-hydrogen) atoms. The third-order valence-corrected chi connectivity index (χ3v) is 3.42. The highest BCUT2D eigenvalue weighted by Gasteiger charge is 2.16. The van der Waals surface area contributed by atoms with Crippen LogP contribution in [-0.2, 0) is 4.79 Å². The van der Waals surface area contributed by atoms with Gasteiger partial charge in [0.25, 0.3) is 11.6 Å². The first-order valence-corrected chi connectivity index (χ1v) is 7.25. The van der Waals surface area contributed by atoms with Crippen LogP contribution in [0, 0.1) is 17.0 Å². The summed E-state index contributed by atoms with van der Waals surface area (Å²) >= 11 is 11.7. The van der Waals surface area contributed by atoms with Gasteiger partial charge in [-0.15, -0.1) is 0 Å². The molecule has 0 unspecified atom stereocenters. The third-order valence-electron chi connectivity index (χ3n) is 2.88. The molecule has 0 saturated carbocycles. The summed E-state index contributed by atoms with van der Waals surface area (Å²) in [6.45, 7) is 1.37. The minimum absolute atomic E-state index is 0.103. The lowest BCUT2D eigenvalue weighted by Gasteiger charge is -2.09. The maximum absolute atomic E-state index is 11.9. The molecule has 0 heterocycles. The number of hydrogen-bond acceptors (Lipinski definition) is 4. The molecule has 0 radical (unpaired) electrons. The van der Waals surface area contributed by atoms with Crippen molar-refractivity contribution < 1.29 is 14.5 Å². The van der Waals surface area contributed by atoms with E-state index in [-0.39, 0.29) is 23.7 Å². The lowest BCUT2D eigenvalue weighted by molar-refractivity contribution is -0.384. The van der Waals surface area contributed by atoms with Crippen LogP contribution < -0.4 is 10.1 Å². The van der Waals surface area contributed by atoms with Crippen molar-refractivity contribution in [1.29, 1.82) is 0 Å². The first-order chi connectivity index (χ1) is 10.9. The summed E-state index contributed by atoms with van der Waals surface area (Å²) in [5.41, 5.74) is 0.641. The first kappa shape index (κ1) is 17.1. The van der Waals surface area contributed by atoms with Gasteiger partial charge < -0.3 is 10.1 Å². The Bertz CT molecular complexity index is 765. The molecule has 120 valence electrons. The van der Waals surface area contributed by atoms with E-state index in [9.17, 15) is 14.9 Å². The molecule has 0 aliphatic rings. The topological polar surface area (TPSA) is 81.5 Å². The highest BCUT2D eigenvalue weighted by Crippen LogP contribution is 2.28. The van der Waals surface area contributed by atoms with Gasteiger partial charge in [-0.2, -0.15) is 0 Å². The monoisotopic (exact) mass is 354 g/mol. The second-order valence-corrected chi connectivity index (χ2v) is 5.53. The van der Waals surface area contributed by atoms with Crippen LogP contribution in [-0.4, -0.2) is 17.4 Å².